The molecule has 0 aromatic carbocycles. The number of carbonyl (C=O) groups is 1. The summed E-state index contributed by atoms with van der Waals surface area (Å²) in [6.07, 6.45) is 2.20. The highest BCUT2D eigenvalue weighted by Crippen LogP contribution is 2.21. The largest absolute Gasteiger partial charge is 0.478 e. The summed E-state index contributed by atoms with van der Waals surface area (Å²) in [5.74, 6) is 0.0509. The number of rotatable bonds is 4. The third kappa shape index (κ3) is 3.44. The first-order valence-electron chi connectivity index (χ1n) is 6.57. The molecule has 1 aromatic rings. The monoisotopic (exact) mass is 264 g/mol. The third-order valence-corrected chi connectivity index (χ3v) is 3.39. The average molecular weight is 264 g/mol. The van der Waals surface area contributed by atoms with Crippen LogP contribution in [-0.2, 0) is 4.74 Å². The molecule has 2 rings (SSSR count). The predicted molar refractivity (Wildman–Crippen MR) is 72.7 cm³/mol. The molecule has 1 atom stereocenters. The molecule has 1 unspecified atom stereocenters. The second kappa shape index (κ2) is 6.02. The number of hydrogen-bond acceptors (Lipinski definition) is 4. The quantitative estimate of drug-likeness (QED) is 0.900. The van der Waals surface area contributed by atoms with Crippen LogP contribution in [0.4, 0.5) is 5.82 Å². The zero-order chi connectivity index (χ0) is 13.8. The molecule has 5 nitrogen and oxygen atoms in total. The fraction of sp³-hybridized carbons (Fsp3) is 0.571. The van der Waals surface area contributed by atoms with E-state index in [1.54, 1.807) is 12.1 Å². The Morgan fingerprint density at radius 1 is 1.58 bits per heavy atom. The van der Waals surface area contributed by atoms with Crippen molar-refractivity contribution < 1.29 is 14.6 Å². The molecule has 0 radical (unpaired) electrons. The smallest absolute Gasteiger partial charge is 0.339 e. The summed E-state index contributed by atoms with van der Waals surface area (Å²) in [5, 5.41) is 9.22. The first-order chi connectivity index (χ1) is 9.08. The van der Waals surface area contributed by atoms with Gasteiger partial charge in [-0.25, -0.2) is 9.78 Å². The number of carboxylic acid groups (broad SMARTS) is 1. The molecule has 1 N–H and O–H groups in total. The van der Waals surface area contributed by atoms with E-state index in [9.17, 15) is 9.90 Å². The third-order valence-electron chi connectivity index (χ3n) is 3.39. The minimum Gasteiger partial charge on any atom is -0.478 e. The molecule has 2 heterocycles. The summed E-state index contributed by atoms with van der Waals surface area (Å²) in [4.78, 5) is 17.5. The van der Waals surface area contributed by atoms with E-state index in [2.05, 4.69) is 4.98 Å². The molecule has 0 bridgehead atoms. The maximum Gasteiger partial charge on any atom is 0.339 e. The molecule has 1 aliphatic heterocycles. The van der Waals surface area contributed by atoms with Gasteiger partial charge in [0.15, 0.2) is 0 Å². The second-order valence-corrected chi connectivity index (χ2v) is 5.09. The maximum absolute atomic E-state index is 11.2. The lowest BCUT2D eigenvalue weighted by molar-refractivity contribution is 0.0575. The van der Waals surface area contributed by atoms with Crippen LogP contribution in [0.2, 0.25) is 0 Å². The Morgan fingerprint density at radius 3 is 3.00 bits per heavy atom. The molecule has 1 aliphatic rings. The van der Waals surface area contributed by atoms with Crippen LogP contribution in [-0.4, -0.2) is 42.9 Å². The molecule has 19 heavy (non-hydrogen) atoms. The highest BCUT2D eigenvalue weighted by molar-refractivity contribution is 5.93. The summed E-state index contributed by atoms with van der Waals surface area (Å²) in [7, 11) is 1.89. The Hall–Kier alpha value is -1.62. The van der Waals surface area contributed by atoms with Crippen LogP contribution in [0.1, 0.15) is 28.9 Å². The number of aromatic nitrogens is 1. The number of carboxylic acids is 1. The SMILES string of the molecule is Cc1ccc(C(=O)O)c(N(C)CC2CCCOC2)n1. The summed E-state index contributed by atoms with van der Waals surface area (Å²) in [5.41, 5.74) is 1.08. The number of aromatic carboxylic acids is 1. The fourth-order valence-corrected chi connectivity index (χ4v) is 2.43. The van der Waals surface area contributed by atoms with Crippen molar-refractivity contribution >= 4 is 11.8 Å². The van der Waals surface area contributed by atoms with Crippen LogP contribution in [0.25, 0.3) is 0 Å². The van der Waals surface area contributed by atoms with E-state index in [-0.39, 0.29) is 5.56 Å². The first kappa shape index (κ1) is 13.8. The van der Waals surface area contributed by atoms with Crippen LogP contribution in [0.15, 0.2) is 12.1 Å². The minimum atomic E-state index is -0.936. The molecule has 0 aliphatic carbocycles. The molecular weight excluding hydrogens is 244 g/mol. The number of aryl methyl sites for hydroxylation is 1. The van der Waals surface area contributed by atoms with E-state index in [1.807, 2.05) is 18.9 Å². The van der Waals surface area contributed by atoms with Crippen molar-refractivity contribution in [3.63, 3.8) is 0 Å². The van der Waals surface area contributed by atoms with Gasteiger partial charge in [0.2, 0.25) is 0 Å². The van der Waals surface area contributed by atoms with Crippen molar-refractivity contribution in [2.45, 2.75) is 19.8 Å². The van der Waals surface area contributed by atoms with Gasteiger partial charge < -0.3 is 14.7 Å². The lowest BCUT2D eigenvalue weighted by atomic mass is 10.0. The van der Waals surface area contributed by atoms with E-state index in [4.69, 9.17) is 4.74 Å². The Morgan fingerprint density at radius 2 is 2.37 bits per heavy atom. The second-order valence-electron chi connectivity index (χ2n) is 5.09. The highest BCUT2D eigenvalue weighted by atomic mass is 16.5. The van der Waals surface area contributed by atoms with E-state index in [0.717, 1.165) is 38.3 Å². The normalized spacial score (nSPS) is 19.2. The van der Waals surface area contributed by atoms with E-state index in [0.29, 0.717) is 11.7 Å². The molecular formula is C14H20N2O3. The molecule has 1 aromatic heterocycles. The number of nitrogens with zero attached hydrogens (tertiary/aromatic N) is 2. The Labute approximate surface area is 113 Å². The van der Waals surface area contributed by atoms with E-state index < -0.39 is 5.97 Å². The van der Waals surface area contributed by atoms with Gasteiger partial charge in [-0.3, -0.25) is 0 Å². The van der Waals surface area contributed by atoms with Crippen LogP contribution in [0.5, 0.6) is 0 Å². The van der Waals surface area contributed by atoms with Gasteiger partial charge in [-0.05, 0) is 37.8 Å². The van der Waals surface area contributed by atoms with Gasteiger partial charge in [0.1, 0.15) is 11.4 Å². The zero-order valence-corrected chi connectivity index (χ0v) is 11.4. The molecule has 104 valence electrons. The highest BCUT2D eigenvalue weighted by Gasteiger charge is 2.20. The van der Waals surface area contributed by atoms with Crippen molar-refractivity contribution in [2.24, 2.45) is 5.92 Å². The number of anilines is 1. The predicted octanol–water partition coefficient (Wildman–Crippen LogP) is 1.95. The zero-order valence-electron chi connectivity index (χ0n) is 11.4. The van der Waals surface area contributed by atoms with Crippen LogP contribution in [0, 0.1) is 12.8 Å². The van der Waals surface area contributed by atoms with E-state index in [1.165, 1.54) is 0 Å². The van der Waals surface area contributed by atoms with Gasteiger partial charge in [-0.1, -0.05) is 0 Å². The maximum atomic E-state index is 11.2. The van der Waals surface area contributed by atoms with Gasteiger partial charge in [0.25, 0.3) is 0 Å². The number of ether oxygens (including phenoxy) is 1. The Kier molecular flexibility index (Phi) is 4.37. The minimum absolute atomic E-state index is 0.254. The van der Waals surface area contributed by atoms with Crippen molar-refractivity contribution in [3.8, 4) is 0 Å². The van der Waals surface area contributed by atoms with Crippen LogP contribution >= 0.6 is 0 Å². The molecule has 0 spiro atoms. The fourth-order valence-electron chi connectivity index (χ4n) is 2.43. The van der Waals surface area contributed by atoms with Gasteiger partial charge in [0.05, 0.1) is 6.61 Å². The summed E-state index contributed by atoms with van der Waals surface area (Å²) < 4.78 is 5.46. The first-order valence-corrected chi connectivity index (χ1v) is 6.57. The van der Waals surface area contributed by atoms with Gasteiger partial charge >= 0.3 is 5.97 Å². The van der Waals surface area contributed by atoms with Gasteiger partial charge in [0, 0.05) is 25.9 Å². The van der Waals surface area contributed by atoms with Crippen molar-refractivity contribution in [1.82, 2.24) is 4.98 Å². The van der Waals surface area contributed by atoms with Gasteiger partial charge in [-0.2, -0.15) is 0 Å². The number of pyridine rings is 1. The summed E-state index contributed by atoms with van der Waals surface area (Å²) >= 11 is 0. The molecule has 0 amide bonds. The standard InChI is InChI=1S/C14H20N2O3/c1-10-5-6-12(14(17)18)13(15-10)16(2)8-11-4-3-7-19-9-11/h5-6,11H,3-4,7-9H2,1-2H3,(H,17,18). The Balaban J connectivity index is 2.14. The summed E-state index contributed by atoms with van der Waals surface area (Å²) in [6.45, 7) is 4.23. The van der Waals surface area contributed by atoms with Crippen LogP contribution in [0.3, 0.4) is 0 Å². The van der Waals surface area contributed by atoms with Crippen molar-refractivity contribution in [3.05, 3.63) is 23.4 Å². The molecule has 0 saturated carbocycles. The lowest BCUT2D eigenvalue weighted by Gasteiger charge is -2.28. The lowest BCUT2D eigenvalue weighted by Crippen LogP contribution is -2.32. The summed E-state index contributed by atoms with van der Waals surface area (Å²) in [6, 6.07) is 3.35. The van der Waals surface area contributed by atoms with Gasteiger partial charge in [-0.15, -0.1) is 0 Å². The molecule has 1 saturated heterocycles. The molecule has 1 fully saturated rings. The average Bonchev–Trinajstić information content (AvgIpc) is 2.39. The topological polar surface area (TPSA) is 62.7 Å². The Bertz CT molecular complexity index is 456. The van der Waals surface area contributed by atoms with E-state index >= 15 is 0 Å². The van der Waals surface area contributed by atoms with Crippen molar-refractivity contribution in [1.29, 1.82) is 0 Å². The van der Waals surface area contributed by atoms with Crippen LogP contribution < -0.4 is 4.90 Å². The molecule has 5 heteroatoms. The van der Waals surface area contributed by atoms with Crippen molar-refractivity contribution in [2.75, 3.05) is 31.7 Å². The number of hydrogen-bond donors (Lipinski definition) is 1.